The predicted molar refractivity (Wildman–Crippen MR) is 81.2 cm³/mol. The normalized spacial score (nSPS) is 10.4. The average Bonchev–Trinajstić information content (AvgIpc) is 2.48. The smallest absolute Gasteiger partial charge is 0.194 e. The molecule has 1 aromatic carbocycles. The van der Waals surface area contributed by atoms with E-state index in [2.05, 4.69) is 42.5 Å². The Labute approximate surface area is 124 Å². The molecule has 0 N–H and O–H groups in total. The van der Waals surface area contributed by atoms with Crippen LogP contribution in [0.4, 0.5) is 0 Å². The minimum Gasteiger partial charge on any atom is -0.265 e. The van der Waals surface area contributed by atoms with Gasteiger partial charge in [0.1, 0.15) is 0 Å². The molecule has 2 aromatic heterocycles. The molecule has 0 spiro atoms. The van der Waals surface area contributed by atoms with Crippen molar-refractivity contribution in [2.75, 3.05) is 0 Å². The van der Waals surface area contributed by atoms with E-state index < -0.39 is 0 Å². The SMILES string of the molecule is Ic1nc(-c2ccccc2)nc(-c2ccncc2)n1. The number of rotatable bonds is 2. The molecule has 2 heterocycles. The van der Waals surface area contributed by atoms with Gasteiger partial charge in [-0.25, -0.2) is 15.0 Å². The molecule has 0 aliphatic carbocycles. The lowest BCUT2D eigenvalue weighted by atomic mass is 10.2. The summed E-state index contributed by atoms with van der Waals surface area (Å²) in [6.45, 7) is 0. The van der Waals surface area contributed by atoms with Crippen LogP contribution < -0.4 is 0 Å². The van der Waals surface area contributed by atoms with Crippen molar-refractivity contribution >= 4 is 22.6 Å². The zero-order chi connectivity index (χ0) is 13.1. The second-order valence-electron chi connectivity index (χ2n) is 3.85. The zero-order valence-electron chi connectivity index (χ0n) is 9.86. The van der Waals surface area contributed by atoms with Gasteiger partial charge in [0, 0.05) is 46.1 Å². The Morgan fingerprint density at radius 1 is 0.684 bits per heavy atom. The van der Waals surface area contributed by atoms with Gasteiger partial charge in [-0.15, -0.1) is 0 Å². The van der Waals surface area contributed by atoms with E-state index in [1.165, 1.54) is 0 Å². The van der Waals surface area contributed by atoms with E-state index in [4.69, 9.17) is 0 Å². The van der Waals surface area contributed by atoms with Gasteiger partial charge in [0.2, 0.25) is 0 Å². The largest absolute Gasteiger partial charge is 0.265 e. The van der Waals surface area contributed by atoms with Crippen LogP contribution >= 0.6 is 22.6 Å². The van der Waals surface area contributed by atoms with Crippen molar-refractivity contribution < 1.29 is 0 Å². The van der Waals surface area contributed by atoms with Gasteiger partial charge in [-0.2, -0.15) is 0 Å². The highest BCUT2D eigenvalue weighted by Gasteiger charge is 2.08. The lowest BCUT2D eigenvalue weighted by Crippen LogP contribution is -1.99. The molecule has 3 aromatic rings. The number of nitrogens with zero attached hydrogens (tertiary/aromatic N) is 4. The standard InChI is InChI=1S/C14H9IN4/c15-14-18-12(10-4-2-1-3-5-10)17-13(19-14)11-6-8-16-9-7-11/h1-9H. The summed E-state index contributed by atoms with van der Waals surface area (Å²) in [7, 11) is 0. The molecule has 0 saturated carbocycles. The quantitative estimate of drug-likeness (QED) is 0.659. The molecule has 5 heteroatoms. The second kappa shape index (κ2) is 5.40. The fourth-order valence-electron chi connectivity index (χ4n) is 1.70. The predicted octanol–water partition coefficient (Wildman–Crippen LogP) is 3.21. The summed E-state index contributed by atoms with van der Waals surface area (Å²) in [5, 5.41) is 0. The van der Waals surface area contributed by atoms with Gasteiger partial charge in [-0.05, 0) is 12.1 Å². The summed E-state index contributed by atoms with van der Waals surface area (Å²) in [4.78, 5) is 17.3. The summed E-state index contributed by atoms with van der Waals surface area (Å²) in [5.41, 5.74) is 1.92. The minimum atomic E-state index is 0.667. The van der Waals surface area contributed by atoms with Crippen LogP contribution in [0.3, 0.4) is 0 Å². The lowest BCUT2D eigenvalue weighted by Gasteiger charge is -2.04. The Morgan fingerprint density at radius 3 is 1.89 bits per heavy atom. The molecule has 0 radical (unpaired) electrons. The fraction of sp³-hybridized carbons (Fsp3) is 0. The highest BCUT2D eigenvalue weighted by molar-refractivity contribution is 14.1. The van der Waals surface area contributed by atoms with Crippen molar-refractivity contribution in [1.29, 1.82) is 0 Å². The maximum atomic E-state index is 4.52. The number of aromatic nitrogens is 4. The van der Waals surface area contributed by atoms with Crippen molar-refractivity contribution in [2.45, 2.75) is 0 Å². The summed E-state index contributed by atoms with van der Waals surface area (Å²) >= 11 is 2.11. The van der Waals surface area contributed by atoms with E-state index in [-0.39, 0.29) is 0 Å². The molecule has 0 unspecified atom stereocenters. The van der Waals surface area contributed by atoms with Gasteiger partial charge >= 0.3 is 0 Å². The number of hydrogen-bond donors (Lipinski definition) is 0. The van der Waals surface area contributed by atoms with E-state index in [1.54, 1.807) is 12.4 Å². The average molecular weight is 360 g/mol. The molecule has 4 nitrogen and oxygen atoms in total. The molecule has 3 rings (SSSR count). The monoisotopic (exact) mass is 360 g/mol. The Bertz CT molecular complexity index is 629. The highest BCUT2D eigenvalue weighted by Crippen LogP contribution is 2.19. The van der Waals surface area contributed by atoms with Crippen LogP contribution in [-0.4, -0.2) is 19.9 Å². The molecular formula is C14H9IN4. The fourth-order valence-corrected chi connectivity index (χ4v) is 2.15. The van der Waals surface area contributed by atoms with Crippen molar-refractivity contribution in [3.8, 4) is 22.8 Å². The molecule has 92 valence electrons. The van der Waals surface area contributed by atoms with E-state index in [0.29, 0.717) is 15.5 Å². The van der Waals surface area contributed by atoms with Gasteiger partial charge in [0.05, 0.1) is 0 Å². The first-order valence-corrected chi connectivity index (χ1v) is 6.78. The number of halogens is 1. The van der Waals surface area contributed by atoms with Gasteiger partial charge in [0.25, 0.3) is 0 Å². The van der Waals surface area contributed by atoms with Gasteiger partial charge < -0.3 is 0 Å². The van der Waals surface area contributed by atoms with Crippen LogP contribution in [0.5, 0.6) is 0 Å². The van der Waals surface area contributed by atoms with Crippen molar-refractivity contribution in [2.24, 2.45) is 0 Å². The third-order valence-corrected chi connectivity index (χ3v) is 3.06. The van der Waals surface area contributed by atoms with Gasteiger partial charge in [0.15, 0.2) is 15.5 Å². The van der Waals surface area contributed by atoms with Crippen LogP contribution in [0, 0.1) is 3.83 Å². The molecule has 0 aliphatic heterocycles. The molecule has 19 heavy (non-hydrogen) atoms. The molecule has 0 amide bonds. The Kier molecular flexibility index (Phi) is 3.45. The van der Waals surface area contributed by atoms with E-state index >= 15 is 0 Å². The summed E-state index contributed by atoms with van der Waals surface area (Å²) in [5.74, 6) is 1.35. The topological polar surface area (TPSA) is 51.6 Å². The molecular weight excluding hydrogens is 351 g/mol. The first kappa shape index (κ1) is 12.2. The Morgan fingerprint density at radius 2 is 1.26 bits per heavy atom. The first-order chi connectivity index (χ1) is 9.33. The third-order valence-electron chi connectivity index (χ3n) is 2.58. The Hall–Kier alpha value is -1.89. The lowest BCUT2D eigenvalue weighted by molar-refractivity contribution is 1.02. The van der Waals surface area contributed by atoms with E-state index in [9.17, 15) is 0 Å². The summed E-state index contributed by atoms with van der Waals surface area (Å²) in [6, 6.07) is 13.7. The Balaban J connectivity index is 2.12. The number of hydrogen-bond acceptors (Lipinski definition) is 4. The van der Waals surface area contributed by atoms with Gasteiger partial charge in [-0.3, -0.25) is 4.98 Å². The van der Waals surface area contributed by atoms with E-state index in [1.807, 2.05) is 42.5 Å². The zero-order valence-corrected chi connectivity index (χ0v) is 12.0. The van der Waals surface area contributed by atoms with Crippen LogP contribution in [-0.2, 0) is 0 Å². The molecule has 0 bridgehead atoms. The summed E-state index contributed by atoms with van der Waals surface area (Å²) in [6.07, 6.45) is 3.46. The van der Waals surface area contributed by atoms with Gasteiger partial charge in [-0.1, -0.05) is 30.3 Å². The molecule has 0 aliphatic rings. The number of pyridine rings is 1. The maximum Gasteiger partial charge on any atom is 0.194 e. The molecule has 0 saturated heterocycles. The van der Waals surface area contributed by atoms with Crippen LogP contribution in [0.15, 0.2) is 54.9 Å². The van der Waals surface area contributed by atoms with Crippen LogP contribution in [0.1, 0.15) is 0 Å². The van der Waals surface area contributed by atoms with Crippen molar-refractivity contribution in [3.63, 3.8) is 0 Å². The summed E-state index contributed by atoms with van der Waals surface area (Å²) < 4.78 is 0.679. The molecule has 0 atom stereocenters. The van der Waals surface area contributed by atoms with Crippen LogP contribution in [0.25, 0.3) is 22.8 Å². The van der Waals surface area contributed by atoms with E-state index in [0.717, 1.165) is 11.1 Å². The number of benzene rings is 1. The maximum absolute atomic E-state index is 4.52. The first-order valence-electron chi connectivity index (χ1n) is 5.70. The third kappa shape index (κ3) is 2.76. The molecule has 0 fully saturated rings. The minimum absolute atomic E-state index is 0.667. The van der Waals surface area contributed by atoms with Crippen molar-refractivity contribution in [3.05, 3.63) is 58.7 Å². The second-order valence-corrected chi connectivity index (χ2v) is 4.82. The van der Waals surface area contributed by atoms with Crippen LogP contribution in [0.2, 0.25) is 0 Å². The highest BCUT2D eigenvalue weighted by atomic mass is 127. The van der Waals surface area contributed by atoms with Crippen molar-refractivity contribution in [1.82, 2.24) is 19.9 Å².